The Bertz CT molecular complexity index is 540. The monoisotopic (exact) mass is 275 g/mol. The molecule has 0 fully saturated rings. The first-order valence-corrected chi connectivity index (χ1v) is 6.31. The molecule has 0 radical (unpaired) electrons. The highest BCUT2D eigenvalue weighted by Gasteiger charge is 2.12. The number of hydrogen-bond acceptors (Lipinski definition) is 2. The Hall–Kier alpha value is -1.84. The third-order valence-corrected chi connectivity index (χ3v) is 2.94. The first kappa shape index (κ1) is 13.6. The maximum absolute atomic E-state index is 11.8. The van der Waals surface area contributed by atoms with Crippen molar-refractivity contribution in [3.05, 3.63) is 65.2 Å². The minimum absolute atomic E-state index is 0.0104. The molecule has 0 aliphatic carbocycles. The zero-order valence-electron chi connectivity index (χ0n) is 10.2. The van der Waals surface area contributed by atoms with Gasteiger partial charge < -0.3 is 10.4 Å². The van der Waals surface area contributed by atoms with E-state index in [1.54, 1.807) is 36.4 Å². The van der Waals surface area contributed by atoms with Gasteiger partial charge in [0.15, 0.2) is 0 Å². The highest BCUT2D eigenvalue weighted by atomic mass is 35.5. The van der Waals surface area contributed by atoms with E-state index < -0.39 is 6.10 Å². The number of rotatable bonds is 4. The minimum atomic E-state index is -0.832. The molecule has 3 nitrogen and oxygen atoms in total. The third-order valence-electron chi connectivity index (χ3n) is 2.69. The summed E-state index contributed by atoms with van der Waals surface area (Å²) in [5.74, 6) is -0.228. The van der Waals surface area contributed by atoms with Crippen LogP contribution in [0.25, 0.3) is 0 Å². The van der Waals surface area contributed by atoms with Crippen molar-refractivity contribution in [2.24, 2.45) is 0 Å². The molecule has 0 saturated heterocycles. The van der Waals surface area contributed by atoms with E-state index in [-0.39, 0.29) is 12.3 Å². The van der Waals surface area contributed by atoms with Gasteiger partial charge in [0, 0.05) is 10.7 Å². The summed E-state index contributed by atoms with van der Waals surface area (Å²) >= 11 is 5.77. The van der Waals surface area contributed by atoms with E-state index in [1.807, 2.05) is 18.2 Å². The maximum Gasteiger partial charge on any atom is 0.227 e. The Morgan fingerprint density at radius 3 is 2.37 bits per heavy atom. The fraction of sp³-hybridized carbons (Fsp3) is 0.133. The second kappa shape index (κ2) is 6.36. The van der Waals surface area contributed by atoms with Crippen molar-refractivity contribution in [3.8, 4) is 0 Å². The van der Waals surface area contributed by atoms with E-state index in [0.29, 0.717) is 10.6 Å². The lowest BCUT2D eigenvalue weighted by Gasteiger charge is -2.11. The van der Waals surface area contributed by atoms with Crippen LogP contribution in [0.3, 0.4) is 0 Å². The van der Waals surface area contributed by atoms with Gasteiger partial charge in [-0.25, -0.2) is 0 Å². The molecule has 98 valence electrons. The molecule has 1 unspecified atom stereocenters. The van der Waals surface area contributed by atoms with Gasteiger partial charge in [0.1, 0.15) is 0 Å². The number of carbonyl (C=O) groups is 1. The van der Waals surface area contributed by atoms with Gasteiger partial charge >= 0.3 is 0 Å². The molecule has 0 aliphatic rings. The summed E-state index contributed by atoms with van der Waals surface area (Å²) in [6.07, 6.45) is -0.822. The summed E-state index contributed by atoms with van der Waals surface area (Å²) in [6.45, 7) is 0. The fourth-order valence-corrected chi connectivity index (χ4v) is 1.84. The molecule has 0 spiro atoms. The quantitative estimate of drug-likeness (QED) is 0.898. The van der Waals surface area contributed by atoms with Crippen molar-refractivity contribution in [2.45, 2.75) is 12.5 Å². The maximum atomic E-state index is 11.8. The molecule has 19 heavy (non-hydrogen) atoms. The first-order valence-electron chi connectivity index (χ1n) is 5.93. The summed E-state index contributed by atoms with van der Waals surface area (Å²) < 4.78 is 0. The molecule has 0 aliphatic heterocycles. The number of aliphatic hydroxyl groups excluding tert-OH is 1. The molecule has 0 saturated carbocycles. The van der Waals surface area contributed by atoms with Crippen molar-refractivity contribution in [3.63, 3.8) is 0 Å². The normalized spacial score (nSPS) is 11.9. The van der Waals surface area contributed by atoms with E-state index in [1.165, 1.54) is 0 Å². The number of hydrogen-bond donors (Lipinski definition) is 2. The number of anilines is 1. The molecular formula is C15H14ClNO2. The van der Waals surface area contributed by atoms with Gasteiger partial charge in [0.2, 0.25) is 5.91 Å². The lowest BCUT2D eigenvalue weighted by Crippen LogP contribution is -2.15. The van der Waals surface area contributed by atoms with Crippen molar-refractivity contribution >= 4 is 23.2 Å². The summed E-state index contributed by atoms with van der Waals surface area (Å²) in [7, 11) is 0. The molecular weight excluding hydrogens is 262 g/mol. The van der Waals surface area contributed by atoms with Crippen LogP contribution in [0.2, 0.25) is 5.02 Å². The average molecular weight is 276 g/mol. The number of halogens is 1. The van der Waals surface area contributed by atoms with Crippen LogP contribution in [0, 0.1) is 0 Å². The van der Waals surface area contributed by atoms with E-state index in [4.69, 9.17) is 11.6 Å². The van der Waals surface area contributed by atoms with Gasteiger partial charge in [-0.1, -0.05) is 41.9 Å². The number of nitrogens with one attached hydrogen (secondary N) is 1. The zero-order chi connectivity index (χ0) is 13.7. The second-order valence-electron chi connectivity index (χ2n) is 4.19. The summed E-state index contributed by atoms with van der Waals surface area (Å²) in [5, 5.41) is 13.3. The van der Waals surface area contributed by atoms with E-state index in [0.717, 1.165) is 5.69 Å². The van der Waals surface area contributed by atoms with Crippen LogP contribution in [0.4, 0.5) is 5.69 Å². The summed E-state index contributed by atoms with van der Waals surface area (Å²) in [6, 6.07) is 15.9. The largest absolute Gasteiger partial charge is 0.388 e. The van der Waals surface area contributed by atoms with Crippen LogP contribution < -0.4 is 5.32 Å². The molecule has 0 aromatic heterocycles. The fourth-order valence-electron chi connectivity index (χ4n) is 1.71. The topological polar surface area (TPSA) is 49.3 Å². The van der Waals surface area contributed by atoms with Gasteiger partial charge in [0.25, 0.3) is 0 Å². The molecule has 1 atom stereocenters. The predicted octanol–water partition coefficient (Wildman–Crippen LogP) is 3.40. The second-order valence-corrected chi connectivity index (χ2v) is 4.62. The van der Waals surface area contributed by atoms with Crippen LogP contribution in [-0.4, -0.2) is 11.0 Å². The predicted molar refractivity (Wildman–Crippen MR) is 76.1 cm³/mol. The van der Waals surface area contributed by atoms with Crippen LogP contribution in [-0.2, 0) is 4.79 Å². The SMILES string of the molecule is O=C(CC(O)c1ccc(Cl)cc1)Nc1ccccc1. The Balaban J connectivity index is 1.93. The van der Waals surface area contributed by atoms with Gasteiger partial charge in [-0.15, -0.1) is 0 Å². The van der Waals surface area contributed by atoms with E-state index in [9.17, 15) is 9.90 Å². The van der Waals surface area contributed by atoms with E-state index >= 15 is 0 Å². The lowest BCUT2D eigenvalue weighted by molar-refractivity contribution is -0.118. The Labute approximate surface area is 116 Å². The number of benzene rings is 2. The van der Waals surface area contributed by atoms with Crippen molar-refractivity contribution in [1.82, 2.24) is 0 Å². The van der Waals surface area contributed by atoms with Gasteiger partial charge in [-0.2, -0.15) is 0 Å². The lowest BCUT2D eigenvalue weighted by atomic mass is 10.1. The number of para-hydroxylation sites is 1. The number of carbonyl (C=O) groups excluding carboxylic acids is 1. The molecule has 2 N–H and O–H groups in total. The molecule has 4 heteroatoms. The van der Waals surface area contributed by atoms with Crippen molar-refractivity contribution in [2.75, 3.05) is 5.32 Å². The minimum Gasteiger partial charge on any atom is -0.388 e. The van der Waals surface area contributed by atoms with Gasteiger partial charge in [-0.3, -0.25) is 4.79 Å². The standard InChI is InChI=1S/C15H14ClNO2/c16-12-8-6-11(7-9-12)14(18)10-15(19)17-13-4-2-1-3-5-13/h1-9,14,18H,10H2,(H,17,19). The van der Waals surface area contributed by atoms with Crippen LogP contribution in [0.5, 0.6) is 0 Å². The highest BCUT2D eigenvalue weighted by molar-refractivity contribution is 6.30. The molecule has 2 aromatic carbocycles. The molecule has 1 amide bonds. The Morgan fingerprint density at radius 1 is 1.11 bits per heavy atom. The van der Waals surface area contributed by atoms with Crippen LogP contribution >= 0.6 is 11.6 Å². The van der Waals surface area contributed by atoms with Crippen molar-refractivity contribution in [1.29, 1.82) is 0 Å². The molecule has 0 bridgehead atoms. The van der Waals surface area contributed by atoms with Crippen molar-refractivity contribution < 1.29 is 9.90 Å². The highest BCUT2D eigenvalue weighted by Crippen LogP contribution is 2.19. The Kier molecular flexibility index (Phi) is 4.55. The number of aliphatic hydroxyl groups is 1. The van der Waals surface area contributed by atoms with E-state index in [2.05, 4.69) is 5.32 Å². The smallest absolute Gasteiger partial charge is 0.227 e. The summed E-state index contributed by atoms with van der Waals surface area (Å²) in [5.41, 5.74) is 1.39. The average Bonchev–Trinajstić information content (AvgIpc) is 2.40. The zero-order valence-corrected chi connectivity index (χ0v) is 11.0. The number of amides is 1. The molecule has 0 heterocycles. The van der Waals surface area contributed by atoms with Crippen LogP contribution in [0.1, 0.15) is 18.1 Å². The van der Waals surface area contributed by atoms with Crippen LogP contribution in [0.15, 0.2) is 54.6 Å². The Morgan fingerprint density at radius 2 is 1.74 bits per heavy atom. The van der Waals surface area contributed by atoms with Gasteiger partial charge in [0.05, 0.1) is 12.5 Å². The van der Waals surface area contributed by atoms with Gasteiger partial charge in [-0.05, 0) is 29.8 Å². The molecule has 2 rings (SSSR count). The third kappa shape index (κ3) is 4.09. The molecule has 2 aromatic rings. The summed E-state index contributed by atoms with van der Waals surface area (Å²) in [4.78, 5) is 11.8. The first-order chi connectivity index (χ1) is 9.15.